The highest BCUT2D eigenvalue weighted by Gasteiger charge is 2.34. The SMILES string of the molecule is CCOC(=O)c1nnn(CC(O)CO)c1C1CC1. The Labute approximate surface area is 104 Å². The number of aromatic nitrogens is 3. The number of rotatable bonds is 6. The smallest absolute Gasteiger partial charge is 0.360 e. The topological polar surface area (TPSA) is 97.5 Å². The zero-order valence-electron chi connectivity index (χ0n) is 10.2. The van der Waals surface area contributed by atoms with Crippen molar-refractivity contribution in [3.63, 3.8) is 0 Å². The van der Waals surface area contributed by atoms with Gasteiger partial charge in [-0.1, -0.05) is 5.21 Å². The number of aliphatic hydroxyl groups excluding tert-OH is 2. The highest BCUT2D eigenvalue weighted by Crippen LogP contribution is 2.41. The maximum Gasteiger partial charge on any atom is 0.360 e. The summed E-state index contributed by atoms with van der Waals surface area (Å²) in [5, 5.41) is 26.0. The van der Waals surface area contributed by atoms with E-state index in [-0.39, 0.29) is 31.4 Å². The summed E-state index contributed by atoms with van der Waals surface area (Å²) in [4.78, 5) is 11.7. The van der Waals surface area contributed by atoms with E-state index < -0.39 is 12.1 Å². The Hall–Kier alpha value is -1.47. The lowest BCUT2D eigenvalue weighted by atomic mass is 10.2. The quantitative estimate of drug-likeness (QED) is 0.676. The number of carbonyl (C=O) groups is 1. The van der Waals surface area contributed by atoms with Crippen molar-refractivity contribution in [2.24, 2.45) is 0 Å². The molecule has 0 aromatic carbocycles. The van der Waals surface area contributed by atoms with E-state index in [0.717, 1.165) is 12.8 Å². The average Bonchev–Trinajstić information content (AvgIpc) is 3.11. The number of hydrogen-bond donors (Lipinski definition) is 2. The number of esters is 1. The van der Waals surface area contributed by atoms with E-state index in [1.165, 1.54) is 4.68 Å². The number of hydrogen-bond acceptors (Lipinski definition) is 6. The van der Waals surface area contributed by atoms with Gasteiger partial charge in [0.25, 0.3) is 0 Å². The van der Waals surface area contributed by atoms with Gasteiger partial charge in [-0.2, -0.15) is 0 Å². The molecule has 1 heterocycles. The van der Waals surface area contributed by atoms with Gasteiger partial charge in [-0.15, -0.1) is 5.10 Å². The Balaban J connectivity index is 2.23. The van der Waals surface area contributed by atoms with Crippen LogP contribution in [0.4, 0.5) is 0 Å². The van der Waals surface area contributed by atoms with E-state index in [4.69, 9.17) is 9.84 Å². The monoisotopic (exact) mass is 255 g/mol. The zero-order valence-corrected chi connectivity index (χ0v) is 10.2. The summed E-state index contributed by atoms with van der Waals surface area (Å²) in [6, 6.07) is 0. The summed E-state index contributed by atoms with van der Waals surface area (Å²) in [6.45, 7) is 1.80. The van der Waals surface area contributed by atoms with Crippen molar-refractivity contribution in [1.82, 2.24) is 15.0 Å². The summed E-state index contributed by atoms with van der Waals surface area (Å²) < 4.78 is 6.42. The second-order valence-corrected chi connectivity index (χ2v) is 4.34. The van der Waals surface area contributed by atoms with Gasteiger partial charge >= 0.3 is 5.97 Å². The molecule has 1 aliphatic rings. The molecular formula is C11H17N3O4. The zero-order chi connectivity index (χ0) is 13.1. The van der Waals surface area contributed by atoms with Crippen LogP contribution in [-0.4, -0.2) is 50.5 Å². The summed E-state index contributed by atoms with van der Waals surface area (Å²) in [7, 11) is 0. The molecule has 1 fully saturated rings. The van der Waals surface area contributed by atoms with Crippen LogP contribution >= 0.6 is 0 Å². The Morgan fingerprint density at radius 1 is 1.61 bits per heavy atom. The van der Waals surface area contributed by atoms with Gasteiger partial charge in [0.15, 0.2) is 5.69 Å². The Morgan fingerprint density at radius 3 is 2.89 bits per heavy atom. The molecule has 7 nitrogen and oxygen atoms in total. The Kier molecular flexibility index (Phi) is 3.93. The van der Waals surface area contributed by atoms with Gasteiger partial charge in [0.2, 0.25) is 0 Å². The molecule has 1 aromatic rings. The van der Waals surface area contributed by atoms with Gasteiger partial charge in [-0.05, 0) is 19.8 Å². The fraction of sp³-hybridized carbons (Fsp3) is 0.727. The van der Waals surface area contributed by atoms with Gasteiger partial charge < -0.3 is 14.9 Å². The van der Waals surface area contributed by atoms with Crippen molar-refractivity contribution < 1.29 is 19.7 Å². The standard InChI is InChI=1S/C11H17N3O4/c1-2-18-11(17)9-10(7-3-4-7)14(13-12-9)5-8(16)6-15/h7-8,15-16H,2-6H2,1H3. The molecule has 1 atom stereocenters. The van der Waals surface area contributed by atoms with E-state index in [1.54, 1.807) is 6.92 Å². The van der Waals surface area contributed by atoms with Crippen LogP contribution in [0.15, 0.2) is 0 Å². The first-order valence-electron chi connectivity index (χ1n) is 6.06. The largest absolute Gasteiger partial charge is 0.461 e. The van der Waals surface area contributed by atoms with Gasteiger partial charge in [-0.25, -0.2) is 9.48 Å². The molecule has 2 rings (SSSR count). The minimum absolute atomic E-state index is 0.134. The number of ether oxygens (including phenoxy) is 1. The molecular weight excluding hydrogens is 238 g/mol. The number of carbonyl (C=O) groups excluding carboxylic acids is 1. The van der Waals surface area contributed by atoms with Crippen molar-refractivity contribution in [2.75, 3.05) is 13.2 Å². The van der Waals surface area contributed by atoms with E-state index in [2.05, 4.69) is 10.3 Å². The van der Waals surface area contributed by atoms with Gasteiger partial charge in [0.05, 0.1) is 31.6 Å². The highest BCUT2D eigenvalue weighted by molar-refractivity contribution is 5.88. The van der Waals surface area contributed by atoms with Crippen LogP contribution < -0.4 is 0 Å². The lowest BCUT2D eigenvalue weighted by Crippen LogP contribution is -2.22. The van der Waals surface area contributed by atoms with E-state index in [1.807, 2.05) is 0 Å². The highest BCUT2D eigenvalue weighted by atomic mass is 16.5. The third kappa shape index (κ3) is 2.68. The molecule has 0 aliphatic heterocycles. The molecule has 1 aromatic heterocycles. The summed E-state index contributed by atoms with van der Waals surface area (Å²) >= 11 is 0. The summed E-state index contributed by atoms with van der Waals surface area (Å²) in [6.07, 6.45) is 1.06. The van der Waals surface area contributed by atoms with Gasteiger partial charge in [0, 0.05) is 5.92 Å². The molecule has 1 unspecified atom stereocenters. The first-order valence-corrected chi connectivity index (χ1v) is 6.06. The summed E-state index contributed by atoms with van der Waals surface area (Å²) in [5.41, 5.74) is 0.936. The molecule has 1 saturated carbocycles. The minimum Gasteiger partial charge on any atom is -0.461 e. The second kappa shape index (κ2) is 5.45. The van der Waals surface area contributed by atoms with E-state index in [0.29, 0.717) is 5.69 Å². The van der Waals surface area contributed by atoms with Crippen LogP contribution in [-0.2, 0) is 11.3 Å². The molecule has 0 radical (unpaired) electrons. The first-order chi connectivity index (χ1) is 8.67. The Morgan fingerprint density at radius 2 is 2.33 bits per heavy atom. The third-order valence-corrected chi connectivity index (χ3v) is 2.80. The fourth-order valence-electron chi connectivity index (χ4n) is 1.82. The van der Waals surface area contributed by atoms with Crippen LogP contribution in [0.25, 0.3) is 0 Å². The maximum absolute atomic E-state index is 11.7. The number of nitrogens with zero attached hydrogens (tertiary/aromatic N) is 3. The van der Waals surface area contributed by atoms with Crippen LogP contribution in [0.5, 0.6) is 0 Å². The predicted octanol–water partition coefficient (Wildman–Crippen LogP) is -0.315. The molecule has 0 bridgehead atoms. The van der Waals surface area contributed by atoms with Crippen molar-refractivity contribution >= 4 is 5.97 Å². The number of aliphatic hydroxyl groups is 2. The minimum atomic E-state index is -0.903. The second-order valence-electron chi connectivity index (χ2n) is 4.34. The molecule has 18 heavy (non-hydrogen) atoms. The van der Waals surface area contributed by atoms with Crippen molar-refractivity contribution in [3.05, 3.63) is 11.4 Å². The Bertz CT molecular complexity index is 428. The van der Waals surface area contributed by atoms with Crippen LogP contribution in [0.3, 0.4) is 0 Å². The fourth-order valence-corrected chi connectivity index (χ4v) is 1.82. The molecule has 2 N–H and O–H groups in total. The predicted molar refractivity (Wildman–Crippen MR) is 61.0 cm³/mol. The lowest BCUT2D eigenvalue weighted by molar-refractivity contribution is 0.0517. The molecule has 0 amide bonds. The third-order valence-electron chi connectivity index (χ3n) is 2.80. The van der Waals surface area contributed by atoms with Crippen molar-refractivity contribution in [1.29, 1.82) is 0 Å². The van der Waals surface area contributed by atoms with Crippen LogP contribution in [0, 0.1) is 0 Å². The first kappa shape index (κ1) is 13.0. The molecule has 0 saturated heterocycles. The average molecular weight is 255 g/mol. The van der Waals surface area contributed by atoms with Crippen molar-refractivity contribution in [3.8, 4) is 0 Å². The van der Waals surface area contributed by atoms with Gasteiger partial charge in [0.1, 0.15) is 0 Å². The van der Waals surface area contributed by atoms with Gasteiger partial charge in [-0.3, -0.25) is 0 Å². The van der Waals surface area contributed by atoms with Crippen molar-refractivity contribution in [2.45, 2.75) is 38.3 Å². The molecule has 0 spiro atoms. The molecule has 1 aliphatic carbocycles. The molecule has 100 valence electrons. The lowest BCUT2D eigenvalue weighted by Gasteiger charge is -2.10. The van der Waals surface area contributed by atoms with Crippen LogP contribution in [0.1, 0.15) is 41.9 Å². The summed E-state index contributed by atoms with van der Waals surface area (Å²) in [5.74, 6) is -0.227. The molecule has 7 heteroatoms. The van der Waals surface area contributed by atoms with E-state index >= 15 is 0 Å². The van der Waals surface area contributed by atoms with Crippen LogP contribution in [0.2, 0.25) is 0 Å². The maximum atomic E-state index is 11.7. The normalized spacial score (nSPS) is 16.6. The van der Waals surface area contributed by atoms with E-state index in [9.17, 15) is 9.90 Å².